The quantitative estimate of drug-likeness (QED) is 0.734. The maximum atomic E-state index is 13.5. The number of nitrogens with one attached hydrogen (secondary N) is 2. The molecule has 0 saturated carbocycles. The largest absolute Gasteiger partial charge is 0.381 e. The number of halogens is 2. The molecule has 5 nitrogen and oxygen atoms in total. The van der Waals surface area contributed by atoms with Gasteiger partial charge in [-0.25, -0.2) is 13.6 Å². The molecule has 2 heterocycles. The third-order valence-electron chi connectivity index (χ3n) is 6.53. The van der Waals surface area contributed by atoms with Crippen LogP contribution in [0.5, 0.6) is 0 Å². The number of anilines is 1. The van der Waals surface area contributed by atoms with Gasteiger partial charge in [-0.05, 0) is 42.9 Å². The molecule has 31 heavy (non-hydrogen) atoms. The number of hydrogen-bond donors (Lipinski definition) is 2. The maximum Gasteiger partial charge on any atom is 0.314 e. The van der Waals surface area contributed by atoms with Crippen LogP contribution in [0.25, 0.3) is 0 Å². The second kappa shape index (κ2) is 9.64. The Labute approximate surface area is 181 Å². The van der Waals surface area contributed by atoms with Gasteiger partial charge in [-0.1, -0.05) is 30.3 Å². The highest BCUT2D eigenvalue weighted by Crippen LogP contribution is 2.34. The van der Waals surface area contributed by atoms with Gasteiger partial charge in [0.2, 0.25) is 0 Å². The summed E-state index contributed by atoms with van der Waals surface area (Å²) < 4.78 is 32.2. The predicted octanol–water partition coefficient (Wildman–Crippen LogP) is 3.84. The van der Waals surface area contributed by atoms with Crippen LogP contribution in [0.4, 0.5) is 19.3 Å². The first-order valence-corrected chi connectivity index (χ1v) is 10.9. The van der Waals surface area contributed by atoms with Gasteiger partial charge in [-0.2, -0.15) is 0 Å². The Morgan fingerprint density at radius 1 is 1.06 bits per heavy atom. The van der Waals surface area contributed by atoms with E-state index in [4.69, 9.17) is 4.74 Å². The Balaban J connectivity index is 1.27. The number of rotatable bonds is 6. The van der Waals surface area contributed by atoms with Gasteiger partial charge in [0, 0.05) is 56.6 Å². The maximum absolute atomic E-state index is 13.5. The van der Waals surface area contributed by atoms with E-state index in [1.54, 1.807) is 6.07 Å². The SMILES string of the molecule is O=C(NCC1CCN(c2ccc(F)c(F)c2)C1)NCC1(c2ccccc2)CCOCC1. The summed E-state index contributed by atoms with van der Waals surface area (Å²) in [5, 5.41) is 6.05. The molecule has 2 aromatic carbocycles. The first-order valence-electron chi connectivity index (χ1n) is 10.9. The highest BCUT2D eigenvalue weighted by Gasteiger charge is 2.34. The van der Waals surface area contributed by atoms with Crippen molar-refractivity contribution >= 4 is 11.7 Å². The number of ether oxygens (including phenoxy) is 1. The summed E-state index contributed by atoms with van der Waals surface area (Å²) in [4.78, 5) is 14.5. The Kier molecular flexibility index (Phi) is 6.70. The van der Waals surface area contributed by atoms with Crippen molar-refractivity contribution in [2.45, 2.75) is 24.7 Å². The van der Waals surface area contributed by atoms with Gasteiger partial charge in [0.1, 0.15) is 0 Å². The zero-order valence-electron chi connectivity index (χ0n) is 17.6. The van der Waals surface area contributed by atoms with Crippen molar-refractivity contribution in [3.63, 3.8) is 0 Å². The lowest BCUT2D eigenvalue weighted by Crippen LogP contribution is -2.48. The van der Waals surface area contributed by atoms with Gasteiger partial charge >= 0.3 is 6.03 Å². The third-order valence-corrected chi connectivity index (χ3v) is 6.53. The highest BCUT2D eigenvalue weighted by atomic mass is 19.2. The summed E-state index contributed by atoms with van der Waals surface area (Å²) in [5.74, 6) is -1.40. The van der Waals surface area contributed by atoms with Crippen molar-refractivity contribution in [2.24, 2.45) is 5.92 Å². The summed E-state index contributed by atoms with van der Waals surface area (Å²) in [6.07, 6.45) is 2.65. The van der Waals surface area contributed by atoms with Crippen molar-refractivity contribution in [1.82, 2.24) is 10.6 Å². The molecule has 2 amide bonds. The van der Waals surface area contributed by atoms with Crippen molar-refractivity contribution in [1.29, 1.82) is 0 Å². The standard InChI is InChI=1S/C24H29F2N3O2/c25-21-7-6-20(14-22(21)26)29-11-8-18(16-29)15-27-23(30)28-17-24(9-12-31-13-10-24)19-4-2-1-3-5-19/h1-7,14,18H,8-13,15-17H2,(H2,27,28,30). The molecule has 166 valence electrons. The fourth-order valence-corrected chi connectivity index (χ4v) is 4.59. The van der Waals surface area contributed by atoms with Gasteiger partial charge < -0.3 is 20.3 Å². The van der Waals surface area contributed by atoms with Crippen molar-refractivity contribution < 1.29 is 18.3 Å². The lowest BCUT2D eigenvalue weighted by atomic mass is 9.74. The average Bonchev–Trinajstić information content (AvgIpc) is 3.28. The predicted molar refractivity (Wildman–Crippen MR) is 116 cm³/mol. The average molecular weight is 430 g/mol. The molecular weight excluding hydrogens is 400 g/mol. The molecule has 0 spiro atoms. The van der Waals surface area contributed by atoms with Crippen LogP contribution in [-0.2, 0) is 10.2 Å². The molecule has 2 saturated heterocycles. The second-order valence-corrected chi connectivity index (χ2v) is 8.52. The monoisotopic (exact) mass is 429 g/mol. The normalized spacial score (nSPS) is 20.5. The van der Waals surface area contributed by atoms with E-state index in [1.165, 1.54) is 11.6 Å². The summed E-state index contributed by atoms with van der Waals surface area (Å²) in [6.45, 7) is 3.97. The van der Waals surface area contributed by atoms with Crippen molar-refractivity contribution in [3.05, 3.63) is 65.7 Å². The van der Waals surface area contributed by atoms with E-state index in [1.807, 2.05) is 23.1 Å². The van der Waals surface area contributed by atoms with Crippen LogP contribution < -0.4 is 15.5 Å². The molecule has 7 heteroatoms. The van der Waals surface area contributed by atoms with Gasteiger partial charge in [0.15, 0.2) is 11.6 Å². The number of hydrogen-bond acceptors (Lipinski definition) is 3. The van der Waals surface area contributed by atoms with Gasteiger partial charge in [-0.3, -0.25) is 0 Å². The van der Waals surface area contributed by atoms with Crippen LogP contribution in [0, 0.1) is 17.6 Å². The number of benzene rings is 2. The van der Waals surface area contributed by atoms with Crippen molar-refractivity contribution in [2.75, 3.05) is 44.3 Å². The van der Waals surface area contributed by atoms with E-state index < -0.39 is 11.6 Å². The number of nitrogens with zero attached hydrogens (tertiary/aromatic N) is 1. The summed E-state index contributed by atoms with van der Waals surface area (Å²) in [6, 6.07) is 14.1. The molecule has 2 fully saturated rings. The van der Waals surface area contributed by atoms with E-state index >= 15 is 0 Å². The molecule has 2 N–H and O–H groups in total. The summed E-state index contributed by atoms with van der Waals surface area (Å²) in [7, 11) is 0. The molecule has 2 aliphatic rings. The van der Waals surface area contributed by atoms with E-state index in [0.29, 0.717) is 38.5 Å². The fourth-order valence-electron chi connectivity index (χ4n) is 4.59. The first kappa shape index (κ1) is 21.6. The molecule has 2 aromatic rings. The minimum Gasteiger partial charge on any atom is -0.381 e. The number of carbonyl (C=O) groups is 1. The van der Waals surface area contributed by atoms with Crippen LogP contribution in [0.1, 0.15) is 24.8 Å². The van der Waals surface area contributed by atoms with Crippen LogP contribution in [0.3, 0.4) is 0 Å². The first-order chi connectivity index (χ1) is 15.1. The lowest BCUT2D eigenvalue weighted by molar-refractivity contribution is 0.0507. The minimum atomic E-state index is -0.837. The summed E-state index contributed by atoms with van der Waals surface area (Å²) >= 11 is 0. The second-order valence-electron chi connectivity index (χ2n) is 8.52. The molecule has 2 aliphatic heterocycles. The van der Waals surface area contributed by atoms with E-state index in [0.717, 1.165) is 31.9 Å². The Bertz CT molecular complexity index is 888. The Hall–Kier alpha value is -2.67. The molecule has 0 radical (unpaired) electrons. The van der Waals surface area contributed by atoms with Gasteiger partial charge in [0.05, 0.1) is 0 Å². The van der Waals surface area contributed by atoms with E-state index in [9.17, 15) is 13.6 Å². The van der Waals surface area contributed by atoms with Crippen LogP contribution in [-0.4, -0.2) is 45.4 Å². The molecule has 1 unspecified atom stereocenters. The Morgan fingerprint density at radius 2 is 1.84 bits per heavy atom. The summed E-state index contributed by atoms with van der Waals surface area (Å²) in [5.41, 5.74) is 1.81. The van der Waals surface area contributed by atoms with Crippen LogP contribution >= 0.6 is 0 Å². The van der Waals surface area contributed by atoms with Crippen LogP contribution in [0.15, 0.2) is 48.5 Å². The van der Waals surface area contributed by atoms with E-state index in [-0.39, 0.29) is 17.4 Å². The van der Waals surface area contributed by atoms with Gasteiger partial charge in [-0.15, -0.1) is 0 Å². The van der Waals surface area contributed by atoms with E-state index in [2.05, 4.69) is 22.8 Å². The van der Waals surface area contributed by atoms with Crippen molar-refractivity contribution in [3.8, 4) is 0 Å². The lowest BCUT2D eigenvalue weighted by Gasteiger charge is -2.38. The van der Waals surface area contributed by atoms with Gasteiger partial charge in [0.25, 0.3) is 0 Å². The number of urea groups is 1. The number of carbonyl (C=O) groups excluding carboxylic acids is 1. The fraction of sp³-hybridized carbons (Fsp3) is 0.458. The smallest absolute Gasteiger partial charge is 0.314 e. The zero-order chi connectivity index (χ0) is 21.7. The molecule has 0 bridgehead atoms. The molecule has 0 aliphatic carbocycles. The topological polar surface area (TPSA) is 53.6 Å². The Morgan fingerprint density at radius 3 is 2.58 bits per heavy atom. The third kappa shape index (κ3) is 5.15. The molecule has 0 aromatic heterocycles. The van der Waals surface area contributed by atoms with Crippen LogP contribution in [0.2, 0.25) is 0 Å². The molecular formula is C24H29F2N3O2. The minimum absolute atomic E-state index is 0.104. The zero-order valence-corrected chi connectivity index (χ0v) is 17.6. The molecule has 4 rings (SSSR count). The highest BCUT2D eigenvalue weighted by molar-refractivity contribution is 5.74. The molecule has 1 atom stereocenters. The number of amides is 2.